The third-order valence-corrected chi connectivity index (χ3v) is 5.55. The van der Waals surface area contributed by atoms with E-state index in [0.29, 0.717) is 4.75 Å². The highest BCUT2D eigenvalue weighted by Gasteiger charge is 2.28. The Labute approximate surface area is 143 Å². The molecule has 0 amide bonds. The molecule has 5 heteroatoms. The average Bonchev–Trinajstić information content (AvgIpc) is 2.98. The quantitative estimate of drug-likeness (QED) is 0.681. The minimum Gasteiger partial charge on any atom is -0.372 e. The van der Waals surface area contributed by atoms with Crippen LogP contribution >= 0.6 is 11.8 Å². The van der Waals surface area contributed by atoms with Crippen LogP contribution in [0.1, 0.15) is 37.5 Å². The number of guanidine groups is 1. The molecule has 2 heterocycles. The summed E-state index contributed by atoms with van der Waals surface area (Å²) in [7, 11) is 0. The van der Waals surface area contributed by atoms with E-state index in [-0.39, 0.29) is 0 Å². The van der Waals surface area contributed by atoms with E-state index in [4.69, 9.17) is 9.73 Å². The van der Waals surface area contributed by atoms with Crippen LogP contribution in [0.25, 0.3) is 0 Å². The largest absolute Gasteiger partial charge is 0.372 e. The van der Waals surface area contributed by atoms with Crippen molar-refractivity contribution in [1.82, 2.24) is 10.2 Å². The Bertz CT molecular complexity index is 586. The lowest BCUT2D eigenvalue weighted by Crippen LogP contribution is -2.50. The monoisotopic (exact) mass is 333 g/mol. The first-order valence-electron chi connectivity index (χ1n) is 8.43. The Morgan fingerprint density at radius 1 is 1.35 bits per heavy atom. The molecule has 2 aliphatic rings. The van der Waals surface area contributed by atoms with Crippen LogP contribution in [-0.2, 0) is 24.5 Å². The van der Waals surface area contributed by atoms with E-state index >= 15 is 0 Å². The van der Waals surface area contributed by atoms with Crippen molar-refractivity contribution in [2.24, 2.45) is 4.99 Å². The molecule has 23 heavy (non-hydrogen) atoms. The maximum atomic E-state index is 5.49. The van der Waals surface area contributed by atoms with E-state index in [1.54, 1.807) is 0 Å². The van der Waals surface area contributed by atoms with E-state index in [1.807, 2.05) is 11.8 Å². The van der Waals surface area contributed by atoms with Gasteiger partial charge in [-0.05, 0) is 37.5 Å². The molecular formula is C18H27N3OS. The summed E-state index contributed by atoms with van der Waals surface area (Å²) < 4.78 is 5.78. The molecule has 0 spiro atoms. The highest BCUT2D eigenvalue weighted by molar-refractivity contribution is 8.00. The number of nitrogens with zero attached hydrogens (tertiary/aromatic N) is 2. The van der Waals surface area contributed by atoms with E-state index in [0.717, 1.165) is 51.1 Å². The second kappa shape index (κ2) is 7.14. The van der Waals surface area contributed by atoms with Gasteiger partial charge in [0.05, 0.1) is 19.8 Å². The zero-order chi connectivity index (χ0) is 16.3. The smallest absolute Gasteiger partial charge is 0.194 e. The molecule has 2 aliphatic heterocycles. The van der Waals surface area contributed by atoms with Crippen molar-refractivity contribution in [1.29, 1.82) is 0 Å². The lowest BCUT2D eigenvalue weighted by Gasteiger charge is -2.39. The van der Waals surface area contributed by atoms with Crippen LogP contribution < -0.4 is 5.32 Å². The molecule has 1 aromatic rings. The highest BCUT2D eigenvalue weighted by atomic mass is 32.2. The number of nitrogens with one attached hydrogen (secondary N) is 1. The van der Waals surface area contributed by atoms with Gasteiger partial charge in [0, 0.05) is 30.1 Å². The highest BCUT2D eigenvalue weighted by Crippen LogP contribution is 2.29. The molecule has 1 N–H and O–H groups in total. The van der Waals surface area contributed by atoms with Gasteiger partial charge in [-0.3, -0.25) is 0 Å². The topological polar surface area (TPSA) is 36.9 Å². The number of rotatable bonds is 3. The van der Waals surface area contributed by atoms with Gasteiger partial charge in [-0.15, -0.1) is 0 Å². The van der Waals surface area contributed by atoms with Crippen LogP contribution in [0, 0.1) is 0 Å². The van der Waals surface area contributed by atoms with Gasteiger partial charge in [0.15, 0.2) is 5.96 Å². The fourth-order valence-electron chi connectivity index (χ4n) is 3.11. The summed E-state index contributed by atoms with van der Waals surface area (Å²) in [5.74, 6) is 2.20. The third kappa shape index (κ3) is 4.21. The van der Waals surface area contributed by atoms with Crippen molar-refractivity contribution < 1.29 is 4.74 Å². The Morgan fingerprint density at radius 3 is 2.96 bits per heavy atom. The Morgan fingerprint density at radius 2 is 2.17 bits per heavy atom. The first-order chi connectivity index (χ1) is 11.1. The SMILES string of the molecule is CCNC(=NCc1ccc2c(c1)COC2)N1CCSC(C)(C)C1. The summed E-state index contributed by atoms with van der Waals surface area (Å²) in [6.45, 7) is 12.0. The zero-order valence-electron chi connectivity index (χ0n) is 14.4. The van der Waals surface area contributed by atoms with Crippen molar-refractivity contribution in [3.05, 3.63) is 34.9 Å². The average molecular weight is 334 g/mol. The summed E-state index contributed by atoms with van der Waals surface area (Å²) in [5.41, 5.74) is 3.90. The van der Waals surface area contributed by atoms with Gasteiger partial charge in [0.1, 0.15) is 0 Å². The van der Waals surface area contributed by atoms with Crippen LogP contribution in [0.5, 0.6) is 0 Å². The summed E-state index contributed by atoms with van der Waals surface area (Å²) in [5, 5.41) is 3.45. The predicted molar refractivity (Wildman–Crippen MR) is 97.9 cm³/mol. The molecule has 0 saturated carbocycles. The molecule has 1 fully saturated rings. The minimum absolute atomic E-state index is 0.291. The second-order valence-electron chi connectivity index (χ2n) is 6.80. The Kier molecular flexibility index (Phi) is 5.17. The number of benzene rings is 1. The maximum Gasteiger partial charge on any atom is 0.194 e. The summed E-state index contributed by atoms with van der Waals surface area (Å²) in [6.07, 6.45) is 0. The number of hydrogen-bond acceptors (Lipinski definition) is 3. The molecule has 0 unspecified atom stereocenters. The van der Waals surface area contributed by atoms with Crippen LogP contribution in [-0.4, -0.2) is 41.0 Å². The predicted octanol–water partition coefficient (Wildman–Crippen LogP) is 3.01. The lowest BCUT2D eigenvalue weighted by atomic mass is 10.1. The molecule has 0 bridgehead atoms. The van der Waals surface area contributed by atoms with E-state index in [2.05, 4.69) is 49.2 Å². The minimum atomic E-state index is 0.291. The second-order valence-corrected chi connectivity index (χ2v) is 8.60. The molecular weight excluding hydrogens is 306 g/mol. The first kappa shape index (κ1) is 16.7. The van der Waals surface area contributed by atoms with Crippen molar-refractivity contribution >= 4 is 17.7 Å². The number of thioether (sulfide) groups is 1. The maximum absolute atomic E-state index is 5.49. The van der Waals surface area contributed by atoms with Gasteiger partial charge in [0.25, 0.3) is 0 Å². The molecule has 1 aromatic carbocycles. The summed E-state index contributed by atoms with van der Waals surface area (Å²) >= 11 is 2.05. The van der Waals surface area contributed by atoms with E-state index < -0.39 is 0 Å². The summed E-state index contributed by atoms with van der Waals surface area (Å²) in [6, 6.07) is 6.60. The van der Waals surface area contributed by atoms with Crippen LogP contribution in [0.15, 0.2) is 23.2 Å². The molecule has 0 aliphatic carbocycles. The number of ether oxygens (including phenoxy) is 1. The number of fused-ring (bicyclic) bond motifs is 1. The number of aliphatic imine (C=N–C) groups is 1. The molecule has 126 valence electrons. The van der Waals surface area contributed by atoms with Gasteiger partial charge in [0.2, 0.25) is 0 Å². The molecule has 0 radical (unpaired) electrons. The van der Waals surface area contributed by atoms with Gasteiger partial charge in [-0.25, -0.2) is 4.99 Å². The normalized spacial score (nSPS) is 20.5. The van der Waals surface area contributed by atoms with Crippen molar-refractivity contribution in [2.45, 2.75) is 45.3 Å². The van der Waals surface area contributed by atoms with Crippen LogP contribution in [0.4, 0.5) is 0 Å². The van der Waals surface area contributed by atoms with Crippen molar-refractivity contribution in [3.8, 4) is 0 Å². The fraction of sp³-hybridized carbons (Fsp3) is 0.611. The van der Waals surface area contributed by atoms with Gasteiger partial charge >= 0.3 is 0 Å². The third-order valence-electron chi connectivity index (χ3n) is 4.26. The molecule has 0 atom stereocenters. The fourth-order valence-corrected chi connectivity index (χ4v) is 4.22. The van der Waals surface area contributed by atoms with Gasteiger partial charge in [-0.2, -0.15) is 11.8 Å². The molecule has 3 rings (SSSR count). The molecule has 0 aromatic heterocycles. The van der Waals surface area contributed by atoms with Crippen molar-refractivity contribution in [3.63, 3.8) is 0 Å². The van der Waals surface area contributed by atoms with E-state index in [1.165, 1.54) is 16.7 Å². The van der Waals surface area contributed by atoms with Crippen LogP contribution in [0.3, 0.4) is 0 Å². The molecule has 1 saturated heterocycles. The molecule has 4 nitrogen and oxygen atoms in total. The standard InChI is InChI=1S/C18H27N3OS/c1-4-19-17(21-7-8-23-18(2,3)13-21)20-10-14-5-6-15-11-22-12-16(15)9-14/h5-6,9H,4,7-8,10-13H2,1-3H3,(H,19,20). The van der Waals surface area contributed by atoms with Gasteiger partial charge in [-0.1, -0.05) is 18.2 Å². The van der Waals surface area contributed by atoms with Crippen molar-refractivity contribution in [2.75, 3.05) is 25.4 Å². The lowest BCUT2D eigenvalue weighted by molar-refractivity contribution is 0.134. The first-order valence-corrected chi connectivity index (χ1v) is 9.41. The Hall–Kier alpha value is -1.20. The van der Waals surface area contributed by atoms with E-state index in [9.17, 15) is 0 Å². The van der Waals surface area contributed by atoms with Crippen LogP contribution in [0.2, 0.25) is 0 Å². The zero-order valence-corrected chi connectivity index (χ0v) is 15.2. The Balaban J connectivity index is 1.71. The summed E-state index contributed by atoms with van der Waals surface area (Å²) in [4.78, 5) is 7.28. The number of hydrogen-bond donors (Lipinski definition) is 1. The van der Waals surface area contributed by atoms with Gasteiger partial charge < -0.3 is 15.0 Å².